The minimum atomic E-state index is 0.207. The molecule has 0 heterocycles. The van der Waals surface area contributed by atoms with E-state index in [1.165, 1.54) is 25.7 Å². The number of benzene rings is 1. The molecule has 3 nitrogen and oxygen atoms in total. The van der Waals surface area contributed by atoms with Gasteiger partial charge in [0.05, 0.1) is 7.11 Å². The van der Waals surface area contributed by atoms with Crippen LogP contribution in [0.4, 0.5) is 0 Å². The zero-order chi connectivity index (χ0) is 13.9. The first-order valence-electron chi connectivity index (χ1n) is 7.64. The molecule has 2 saturated carbocycles. The fraction of sp³-hybridized carbons (Fsp3) is 0.588. The summed E-state index contributed by atoms with van der Waals surface area (Å²) >= 11 is 0. The summed E-state index contributed by atoms with van der Waals surface area (Å²) in [6, 6.07) is 7.85. The Morgan fingerprint density at radius 2 is 2.05 bits per heavy atom. The van der Waals surface area contributed by atoms with Gasteiger partial charge in [-0.15, -0.1) is 0 Å². The molecule has 1 amide bonds. The monoisotopic (exact) mass is 273 g/mol. The molecule has 2 aliphatic rings. The number of carbonyl (C=O) groups is 1. The van der Waals surface area contributed by atoms with Gasteiger partial charge < -0.3 is 10.1 Å². The van der Waals surface area contributed by atoms with E-state index in [2.05, 4.69) is 5.32 Å². The van der Waals surface area contributed by atoms with E-state index < -0.39 is 0 Å². The van der Waals surface area contributed by atoms with E-state index in [1.807, 2.05) is 24.3 Å². The predicted octanol–water partition coefficient (Wildman–Crippen LogP) is 3.14. The van der Waals surface area contributed by atoms with Crippen LogP contribution in [0.25, 0.3) is 0 Å². The van der Waals surface area contributed by atoms with Crippen LogP contribution < -0.4 is 10.1 Å². The molecule has 1 N–H and O–H groups in total. The lowest BCUT2D eigenvalue weighted by Crippen LogP contribution is -2.26. The molecular weight excluding hydrogens is 250 g/mol. The smallest absolute Gasteiger partial charge is 0.220 e. The highest BCUT2D eigenvalue weighted by Gasteiger charge is 2.39. The van der Waals surface area contributed by atoms with Gasteiger partial charge in [-0.05, 0) is 54.7 Å². The lowest BCUT2D eigenvalue weighted by atomic mass is 9.86. The van der Waals surface area contributed by atoms with Crippen LogP contribution in [0, 0.1) is 17.8 Å². The van der Waals surface area contributed by atoms with E-state index in [0.717, 1.165) is 29.6 Å². The molecule has 3 rings (SSSR count). The van der Waals surface area contributed by atoms with Gasteiger partial charge in [-0.1, -0.05) is 18.6 Å². The Morgan fingerprint density at radius 3 is 2.65 bits per heavy atom. The average molecular weight is 273 g/mol. The number of ether oxygens (including phenoxy) is 1. The van der Waals surface area contributed by atoms with Gasteiger partial charge in [-0.2, -0.15) is 0 Å². The SMILES string of the molecule is COc1ccc(CNC(=O)C[C@H]2C[C@H]3CC[C@H]2C3)cc1. The van der Waals surface area contributed by atoms with Crippen molar-refractivity contribution in [3.8, 4) is 5.75 Å². The number of carbonyl (C=O) groups excluding carboxylic acids is 1. The van der Waals surface area contributed by atoms with Gasteiger partial charge in [0.15, 0.2) is 0 Å². The van der Waals surface area contributed by atoms with Crippen LogP contribution in [-0.2, 0) is 11.3 Å². The molecule has 20 heavy (non-hydrogen) atoms. The maximum atomic E-state index is 12.0. The molecule has 108 valence electrons. The van der Waals surface area contributed by atoms with Crippen molar-refractivity contribution >= 4 is 5.91 Å². The van der Waals surface area contributed by atoms with Gasteiger partial charge in [0, 0.05) is 13.0 Å². The average Bonchev–Trinajstić information content (AvgIpc) is 3.08. The molecule has 2 fully saturated rings. The first-order chi connectivity index (χ1) is 9.74. The molecule has 0 aromatic heterocycles. The summed E-state index contributed by atoms with van der Waals surface area (Å²) in [4.78, 5) is 12.0. The highest BCUT2D eigenvalue weighted by Crippen LogP contribution is 2.49. The van der Waals surface area contributed by atoms with E-state index in [9.17, 15) is 4.79 Å². The fourth-order valence-corrected chi connectivity index (χ4v) is 3.88. The summed E-state index contributed by atoms with van der Waals surface area (Å²) in [7, 11) is 1.66. The van der Waals surface area contributed by atoms with E-state index in [4.69, 9.17) is 4.74 Å². The van der Waals surface area contributed by atoms with Crippen LogP contribution in [0.5, 0.6) is 5.75 Å². The van der Waals surface area contributed by atoms with Crippen molar-refractivity contribution in [3.63, 3.8) is 0 Å². The third kappa shape index (κ3) is 2.97. The lowest BCUT2D eigenvalue weighted by molar-refractivity contribution is -0.122. The molecule has 0 radical (unpaired) electrons. The van der Waals surface area contributed by atoms with Gasteiger partial charge in [-0.25, -0.2) is 0 Å². The first-order valence-corrected chi connectivity index (χ1v) is 7.64. The molecule has 1 aromatic carbocycles. The van der Waals surface area contributed by atoms with E-state index >= 15 is 0 Å². The van der Waals surface area contributed by atoms with Crippen molar-refractivity contribution in [2.24, 2.45) is 17.8 Å². The molecule has 2 aliphatic carbocycles. The quantitative estimate of drug-likeness (QED) is 0.895. The van der Waals surface area contributed by atoms with E-state index in [1.54, 1.807) is 7.11 Å². The highest BCUT2D eigenvalue weighted by atomic mass is 16.5. The minimum Gasteiger partial charge on any atom is -0.497 e. The fourth-order valence-electron chi connectivity index (χ4n) is 3.88. The van der Waals surface area contributed by atoms with Crippen LogP contribution in [0.15, 0.2) is 24.3 Å². The largest absolute Gasteiger partial charge is 0.497 e. The maximum absolute atomic E-state index is 12.0. The van der Waals surface area contributed by atoms with Crippen molar-refractivity contribution < 1.29 is 9.53 Å². The normalized spacial score (nSPS) is 27.6. The molecule has 3 atom stereocenters. The molecule has 1 aromatic rings. The number of nitrogens with one attached hydrogen (secondary N) is 1. The van der Waals surface area contributed by atoms with Gasteiger partial charge in [0.25, 0.3) is 0 Å². The van der Waals surface area contributed by atoms with Gasteiger partial charge >= 0.3 is 0 Å². The molecule has 2 bridgehead atoms. The second-order valence-electron chi connectivity index (χ2n) is 6.26. The Hall–Kier alpha value is -1.51. The summed E-state index contributed by atoms with van der Waals surface area (Å²) in [5, 5.41) is 3.04. The summed E-state index contributed by atoms with van der Waals surface area (Å²) in [6.07, 6.45) is 6.12. The van der Waals surface area contributed by atoms with Crippen molar-refractivity contribution in [1.29, 1.82) is 0 Å². The van der Waals surface area contributed by atoms with E-state index in [0.29, 0.717) is 12.5 Å². The van der Waals surface area contributed by atoms with Crippen LogP contribution >= 0.6 is 0 Å². The third-order valence-corrected chi connectivity index (χ3v) is 4.98. The summed E-state index contributed by atoms with van der Waals surface area (Å²) in [5.74, 6) is 3.44. The summed E-state index contributed by atoms with van der Waals surface area (Å²) in [5.41, 5.74) is 1.12. The maximum Gasteiger partial charge on any atom is 0.220 e. The topological polar surface area (TPSA) is 38.3 Å². The number of hydrogen-bond donors (Lipinski definition) is 1. The summed E-state index contributed by atoms with van der Waals surface area (Å²) < 4.78 is 5.12. The molecule has 0 spiro atoms. The zero-order valence-electron chi connectivity index (χ0n) is 12.1. The standard InChI is InChI=1S/C17H23NO2/c1-20-16-6-3-12(4-7-16)11-18-17(19)10-15-9-13-2-5-14(15)8-13/h3-4,6-7,13-15H,2,5,8-11H2,1H3,(H,18,19)/t13-,14-,15+/m0/s1. The van der Waals surface area contributed by atoms with Gasteiger partial charge in [0.2, 0.25) is 5.91 Å². The minimum absolute atomic E-state index is 0.207. The summed E-state index contributed by atoms with van der Waals surface area (Å²) in [6.45, 7) is 0.615. The Kier molecular flexibility index (Phi) is 3.95. The first kappa shape index (κ1) is 13.5. The number of hydrogen-bond acceptors (Lipinski definition) is 2. The highest BCUT2D eigenvalue weighted by molar-refractivity contribution is 5.76. The Bertz CT molecular complexity index is 468. The zero-order valence-corrected chi connectivity index (χ0v) is 12.1. The molecule has 0 saturated heterocycles. The van der Waals surface area contributed by atoms with Crippen molar-refractivity contribution in [3.05, 3.63) is 29.8 Å². The van der Waals surface area contributed by atoms with Crippen LogP contribution in [0.3, 0.4) is 0 Å². The van der Waals surface area contributed by atoms with Crippen LogP contribution in [0.1, 0.15) is 37.7 Å². The Labute approximate surface area is 120 Å². The number of methoxy groups -OCH3 is 1. The van der Waals surface area contributed by atoms with Crippen molar-refractivity contribution in [2.75, 3.05) is 7.11 Å². The molecule has 0 unspecified atom stereocenters. The number of rotatable bonds is 5. The van der Waals surface area contributed by atoms with Crippen molar-refractivity contribution in [2.45, 2.75) is 38.6 Å². The van der Waals surface area contributed by atoms with E-state index in [-0.39, 0.29) is 5.91 Å². The number of fused-ring (bicyclic) bond motifs is 2. The number of amides is 1. The molecule has 3 heteroatoms. The lowest BCUT2D eigenvalue weighted by Gasteiger charge is -2.20. The van der Waals surface area contributed by atoms with Crippen molar-refractivity contribution in [1.82, 2.24) is 5.32 Å². The second kappa shape index (κ2) is 5.86. The van der Waals surface area contributed by atoms with Crippen LogP contribution in [0.2, 0.25) is 0 Å². The predicted molar refractivity (Wildman–Crippen MR) is 78.4 cm³/mol. The molecular formula is C17H23NO2. The Morgan fingerprint density at radius 1 is 1.25 bits per heavy atom. The molecule has 0 aliphatic heterocycles. The van der Waals surface area contributed by atoms with Gasteiger partial charge in [-0.3, -0.25) is 4.79 Å². The second-order valence-corrected chi connectivity index (χ2v) is 6.26. The van der Waals surface area contributed by atoms with Crippen LogP contribution in [-0.4, -0.2) is 13.0 Å². The van der Waals surface area contributed by atoms with Gasteiger partial charge in [0.1, 0.15) is 5.75 Å². The Balaban J connectivity index is 1.44. The third-order valence-electron chi connectivity index (χ3n) is 4.98.